The second-order valence-electron chi connectivity index (χ2n) is 6.56. The fourth-order valence-corrected chi connectivity index (χ4v) is 3.32. The van der Waals surface area contributed by atoms with Crippen LogP contribution in [0.3, 0.4) is 0 Å². The van der Waals surface area contributed by atoms with Crippen LogP contribution in [0.1, 0.15) is 32.3 Å². The molecule has 1 N–H and O–H groups in total. The molecule has 2 nitrogen and oxygen atoms in total. The summed E-state index contributed by atoms with van der Waals surface area (Å²) in [6, 6.07) is 7.98. The van der Waals surface area contributed by atoms with Gasteiger partial charge < -0.3 is 10.0 Å². The zero-order valence-corrected chi connectivity index (χ0v) is 12.8. The van der Waals surface area contributed by atoms with Crippen LogP contribution < -0.4 is 0 Å². The van der Waals surface area contributed by atoms with Gasteiger partial charge in [0, 0.05) is 18.1 Å². The molecule has 1 aliphatic carbocycles. The largest absolute Gasteiger partial charge is 0.392 e. The second-order valence-corrected chi connectivity index (χ2v) is 7.00. The number of benzene rings is 1. The summed E-state index contributed by atoms with van der Waals surface area (Å²) in [7, 11) is 2.11. The molecule has 1 fully saturated rings. The molecule has 0 saturated heterocycles. The predicted molar refractivity (Wildman–Crippen MR) is 80.3 cm³/mol. The van der Waals surface area contributed by atoms with Gasteiger partial charge in [-0.3, -0.25) is 0 Å². The number of halogens is 1. The van der Waals surface area contributed by atoms with Crippen molar-refractivity contribution in [2.75, 3.05) is 13.6 Å². The minimum Gasteiger partial charge on any atom is -0.392 e. The lowest BCUT2D eigenvalue weighted by atomic mass is 9.87. The van der Waals surface area contributed by atoms with Crippen molar-refractivity contribution in [3.63, 3.8) is 0 Å². The lowest BCUT2D eigenvalue weighted by Crippen LogP contribution is -2.34. The van der Waals surface area contributed by atoms with Gasteiger partial charge in [-0.2, -0.15) is 0 Å². The van der Waals surface area contributed by atoms with Crippen molar-refractivity contribution in [3.05, 3.63) is 34.9 Å². The molecule has 0 amide bonds. The first-order valence-corrected chi connectivity index (χ1v) is 7.37. The van der Waals surface area contributed by atoms with Gasteiger partial charge in [0.2, 0.25) is 0 Å². The first-order valence-electron chi connectivity index (χ1n) is 6.99. The van der Waals surface area contributed by atoms with Crippen molar-refractivity contribution < 1.29 is 5.11 Å². The maximum absolute atomic E-state index is 10.3. The molecule has 2 atom stereocenters. The topological polar surface area (TPSA) is 23.5 Å². The fraction of sp³-hybridized carbons (Fsp3) is 0.625. The Morgan fingerprint density at radius 3 is 2.74 bits per heavy atom. The minimum absolute atomic E-state index is 0.0710. The Hall–Kier alpha value is -0.570. The van der Waals surface area contributed by atoms with Crippen LogP contribution in [0.5, 0.6) is 0 Å². The third kappa shape index (κ3) is 3.71. The summed E-state index contributed by atoms with van der Waals surface area (Å²) in [5, 5.41) is 11.1. The molecule has 0 radical (unpaired) electrons. The van der Waals surface area contributed by atoms with E-state index < -0.39 is 0 Å². The van der Waals surface area contributed by atoms with Gasteiger partial charge in [-0.05, 0) is 48.9 Å². The quantitative estimate of drug-likeness (QED) is 0.912. The standard InChI is InChI=1S/C16H24ClNO/c1-16(2)8-7-13(15(16)19)11-18(3)10-12-5-4-6-14(17)9-12/h4-6,9,13,15,19H,7-8,10-11H2,1-3H3. The molecule has 0 aliphatic heterocycles. The number of aliphatic hydroxyl groups is 1. The number of rotatable bonds is 4. The van der Waals surface area contributed by atoms with Gasteiger partial charge in [-0.25, -0.2) is 0 Å². The summed E-state index contributed by atoms with van der Waals surface area (Å²) >= 11 is 6.00. The van der Waals surface area contributed by atoms with E-state index in [-0.39, 0.29) is 11.5 Å². The Labute approximate surface area is 121 Å². The molecular formula is C16H24ClNO. The molecule has 3 heteroatoms. The second kappa shape index (κ2) is 5.82. The minimum atomic E-state index is -0.186. The van der Waals surface area contributed by atoms with Crippen LogP contribution in [0.15, 0.2) is 24.3 Å². The summed E-state index contributed by atoms with van der Waals surface area (Å²) in [6.45, 7) is 6.14. The monoisotopic (exact) mass is 281 g/mol. The Balaban J connectivity index is 1.90. The van der Waals surface area contributed by atoms with E-state index in [0.717, 1.165) is 31.0 Å². The van der Waals surface area contributed by atoms with Crippen molar-refractivity contribution in [1.82, 2.24) is 4.90 Å². The maximum atomic E-state index is 10.3. The van der Waals surface area contributed by atoms with Gasteiger partial charge in [0.1, 0.15) is 0 Å². The van der Waals surface area contributed by atoms with E-state index in [1.807, 2.05) is 18.2 Å². The average molecular weight is 282 g/mol. The Kier molecular flexibility index (Phi) is 4.54. The molecule has 0 aromatic heterocycles. The summed E-state index contributed by atoms with van der Waals surface area (Å²) in [4.78, 5) is 2.28. The Morgan fingerprint density at radius 1 is 1.42 bits per heavy atom. The summed E-state index contributed by atoms with van der Waals surface area (Å²) in [5.41, 5.74) is 1.29. The third-order valence-corrected chi connectivity index (χ3v) is 4.53. The molecule has 0 heterocycles. The molecule has 106 valence electrons. The molecule has 1 aliphatic rings. The number of hydrogen-bond donors (Lipinski definition) is 1. The summed E-state index contributed by atoms with van der Waals surface area (Å²) < 4.78 is 0. The average Bonchev–Trinajstić information content (AvgIpc) is 2.56. The van der Waals surface area contributed by atoms with E-state index in [1.165, 1.54) is 5.56 Å². The van der Waals surface area contributed by atoms with Crippen LogP contribution in [0.2, 0.25) is 5.02 Å². The van der Waals surface area contributed by atoms with Crippen molar-refractivity contribution in [2.45, 2.75) is 39.3 Å². The molecule has 19 heavy (non-hydrogen) atoms. The highest BCUT2D eigenvalue weighted by Crippen LogP contribution is 2.41. The predicted octanol–water partition coefficient (Wildman–Crippen LogP) is 3.57. The fourth-order valence-electron chi connectivity index (χ4n) is 3.10. The van der Waals surface area contributed by atoms with E-state index >= 15 is 0 Å². The van der Waals surface area contributed by atoms with Gasteiger partial charge in [0.15, 0.2) is 0 Å². The van der Waals surface area contributed by atoms with Crippen molar-refractivity contribution in [1.29, 1.82) is 0 Å². The number of hydrogen-bond acceptors (Lipinski definition) is 2. The van der Waals surface area contributed by atoms with Crippen molar-refractivity contribution in [3.8, 4) is 0 Å². The van der Waals surface area contributed by atoms with Gasteiger partial charge in [0.05, 0.1) is 6.10 Å². The molecule has 0 spiro atoms. The van der Waals surface area contributed by atoms with Gasteiger partial charge in [-0.15, -0.1) is 0 Å². The molecule has 0 bridgehead atoms. The Bertz CT molecular complexity index is 433. The first kappa shape index (κ1) is 14.8. The molecule has 1 aromatic rings. The molecule has 1 aromatic carbocycles. The zero-order valence-electron chi connectivity index (χ0n) is 12.1. The van der Waals surface area contributed by atoms with Crippen LogP contribution >= 0.6 is 11.6 Å². The smallest absolute Gasteiger partial charge is 0.0631 e. The first-order chi connectivity index (χ1) is 8.88. The lowest BCUT2D eigenvalue weighted by molar-refractivity contribution is 0.0348. The Morgan fingerprint density at radius 2 is 2.16 bits per heavy atom. The molecular weight excluding hydrogens is 258 g/mol. The molecule has 2 rings (SSSR count). The lowest BCUT2D eigenvalue weighted by Gasteiger charge is -2.28. The van der Waals surface area contributed by atoms with E-state index in [4.69, 9.17) is 11.6 Å². The maximum Gasteiger partial charge on any atom is 0.0631 e. The normalized spacial score (nSPS) is 26.0. The van der Waals surface area contributed by atoms with Crippen LogP contribution in [-0.4, -0.2) is 29.7 Å². The van der Waals surface area contributed by atoms with Crippen LogP contribution in [0.4, 0.5) is 0 Å². The van der Waals surface area contributed by atoms with E-state index in [1.54, 1.807) is 0 Å². The third-order valence-electron chi connectivity index (χ3n) is 4.29. The molecule has 2 unspecified atom stereocenters. The van der Waals surface area contributed by atoms with E-state index in [2.05, 4.69) is 31.9 Å². The van der Waals surface area contributed by atoms with Gasteiger partial charge in [0.25, 0.3) is 0 Å². The van der Waals surface area contributed by atoms with Crippen molar-refractivity contribution >= 4 is 11.6 Å². The highest BCUT2D eigenvalue weighted by atomic mass is 35.5. The van der Waals surface area contributed by atoms with Gasteiger partial charge >= 0.3 is 0 Å². The SMILES string of the molecule is CN(Cc1cccc(Cl)c1)CC1CCC(C)(C)C1O. The van der Waals surface area contributed by atoms with Crippen LogP contribution in [-0.2, 0) is 6.54 Å². The van der Waals surface area contributed by atoms with Crippen LogP contribution in [0.25, 0.3) is 0 Å². The molecule has 1 saturated carbocycles. The highest BCUT2D eigenvalue weighted by molar-refractivity contribution is 6.30. The van der Waals surface area contributed by atoms with Crippen LogP contribution in [0, 0.1) is 11.3 Å². The highest BCUT2D eigenvalue weighted by Gasteiger charge is 2.40. The summed E-state index contributed by atoms with van der Waals surface area (Å²) in [6.07, 6.45) is 2.05. The van der Waals surface area contributed by atoms with E-state index in [0.29, 0.717) is 5.92 Å². The van der Waals surface area contributed by atoms with Gasteiger partial charge in [-0.1, -0.05) is 37.6 Å². The van der Waals surface area contributed by atoms with Crippen molar-refractivity contribution in [2.24, 2.45) is 11.3 Å². The zero-order chi connectivity index (χ0) is 14.0. The number of aliphatic hydroxyl groups excluding tert-OH is 1. The van der Waals surface area contributed by atoms with E-state index in [9.17, 15) is 5.11 Å². The number of nitrogens with zero attached hydrogens (tertiary/aromatic N) is 1. The summed E-state index contributed by atoms with van der Waals surface area (Å²) in [5.74, 6) is 0.388.